The van der Waals surface area contributed by atoms with Gasteiger partial charge in [0.15, 0.2) is 0 Å². The van der Waals surface area contributed by atoms with E-state index in [2.05, 4.69) is 70.9 Å². The average molecular weight is 585 g/mol. The molecule has 1 saturated heterocycles. The van der Waals surface area contributed by atoms with Crippen molar-refractivity contribution in [3.05, 3.63) is 57.2 Å². The average Bonchev–Trinajstić information content (AvgIpc) is 2.82. The van der Waals surface area contributed by atoms with E-state index in [1.807, 2.05) is 18.2 Å². The molecule has 0 unspecified atom stereocenters. The van der Waals surface area contributed by atoms with Crippen LogP contribution in [0.2, 0.25) is 0 Å². The molecule has 0 amide bonds. The summed E-state index contributed by atoms with van der Waals surface area (Å²) in [6.45, 7) is 9.32. The molecule has 0 aromatic heterocycles. The third kappa shape index (κ3) is 7.70. The molecule has 1 heterocycles. The molecule has 0 aliphatic carbocycles. The van der Waals surface area contributed by atoms with Gasteiger partial charge in [0.25, 0.3) is 0 Å². The van der Waals surface area contributed by atoms with Gasteiger partial charge in [-0.2, -0.15) is 0 Å². The van der Waals surface area contributed by atoms with Crippen LogP contribution in [0.3, 0.4) is 0 Å². The van der Waals surface area contributed by atoms with Crippen molar-refractivity contribution in [1.82, 2.24) is 10.2 Å². The van der Waals surface area contributed by atoms with E-state index in [0.29, 0.717) is 6.54 Å². The summed E-state index contributed by atoms with van der Waals surface area (Å²) in [5, 5.41) is 23.2. The van der Waals surface area contributed by atoms with Gasteiger partial charge in [0.2, 0.25) is 0 Å². The summed E-state index contributed by atoms with van der Waals surface area (Å²) < 4.78 is 12.5. The van der Waals surface area contributed by atoms with Crippen LogP contribution in [-0.4, -0.2) is 79.1 Å². The predicted octanol–water partition coefficient (Wildman–Crippen LogP) is 3.24. The van der Waals surface area contributed by atoms with Gasteiger partial charge in [-0.25, -0.2) is 0 Å². The first-order valence-electron chi connectivity index (χ1n) is 11.3. The Morgan fingerprint density at radius 1 is 1.00 bits per heavy atom. The Bertz CT molecular complexity index is 875. The predicted molar refractivity (Wildman–Crippen MR) is 141 cm³/mol. The minimum Gasteiger partial charge on any atom is -0.491 e. The summed E-state index contributed by atoms with van der Waals surface area (Å²) in [7, 11) is 0. The van der Waals surface area contributed by atoms with Gasteiger partial charge in [-0.15, -0.1) is 11.6 Å². The highest BCUT2D eigenvalue weighted by atomic mass is 123. The van der Waals surface area contributed by atoms with Crippen molar-refractivity contribution in [2.45, 2.75) is 31.5 Å². The maximum atomic E-state index is 10.3. The van der Waals surface area contributed by atoms with Crippen molar-refractivity contribution in [2.75, 3.05) is 51.8 Å². The number of halogens is 2. The molecule has 2 aromatic carbocycles. The molecular weight excluding hydrogens is 551 g/mol. The quantitative estimate of drug-likeness (QED) is 0.278. The Hall–Kier alpha value is -1.10. The first-order valence-corrected chi connectivity index (χ1v) is 12.9. The number of nitrogens with zero attached hydrogens (tertiary/aromatic N) is 1. The van der Waals surface area contributed by atoms with Crippen LogP contribution in [0.5, 0.6) is 11.5 Å². The minimum absolute atomic E-state index is 0.149. The molecule has 0 radical (unpaired) electrons. The van der Waals surface area contributed by atoms with Crippen LogP contribution in [0.15, 0.2) is 42.5 Å². The lowest BCUT2D eigenvalue weighted by Crippen LogP contribution is -2.47. The number of aliphatic hydroxyl groups excluding tert-OH is 2. The van der Waals surface area contributed by atoms with E-state index >= 15 is 0 Å². The van der Waals surface area contributed by atoms with Gasteiger partial charge < -0.3 is 25.0 Å². The van der Waals surface area contributed by atoms with Crippen molar-refractivity contribution < 1.29 is 19.7 Å². The van der Waals surface area contributed by atoms with E-state index in [9.17, 15) is 10.2 Å². The van der Waals surface area contributed by atoms with E-state index < -0.39 is 12.2 Å². The summed E-state index contributed by atoms with van der Waals surface area (Å²) in [4.78, 5) is 2.26. The molecule has 1 aliphatic heterocycles. The van der Waals surface area contributed by atoms with Gasteiger partial charge in [0, 0.05) is 38.1 Å². The first-order chi connectivity index (χ1) is 15.8. The molecule has 0 spiro atoms. The number of hydrogen-bond donors (Lipinski definition) is 3. The molecule has 33 heavy (non-hydrogen) atoms. The SMILES string of the molecule is CC(C)(c1ccc(OC[C@H](O)CN2CCNCC2)cc1)c1ccc(OC[C@@H](O)CCl)c([123I])c1. The van der Waals surface area contributed by atoms with Gasteiger partial charge in [0.1, 0.15) is 36.9 Å². The Morgan fingerprint density at radius 2 is 1.64 bits per heavy atom. The zero-order valence-corrected chi connectivity index (χ0v) is 22.2. The number of piperazine rings is 1. The Balaban J connectivity index is 1.57. The standard InChI is InChI=1S/C25H34ClIN2O4/c1-25(2,19-5-8-24(23(27)13-19)33-16-20(30)14-26)18-3-6-22(7-4-18)32-17-21(31)15-29-11-9-28-10-12-29/h3-8,13,20-21,28,30-31H,9-12,14-17H2,1-2H3/t20-,21+/m0/s1/i27-4. The van der Waals surface area contributed by atoms with Crippen molar-refractivity contribution >= 4 is 34.2 Å². The van der Waals surface area contributed by atoms with Gasteiger partial charge in [-0.1, -0.05) is 32.0 Å². The Kier molecular flexibility index (Phi) is 10.1. The normalized spacial score (nSPS) is 16.9. The number of rotatable bonds is 11. The van der Waals surface area contributed by atoms with Gasteiger partial charge in [-0.05, 0) is 58.0 Å². The van der Waals surface area contributed by atoms with E-state index in [0.717, 1.165) is 46.8 Å². The number of alkyl halides is 1. The highest BCUT2D eigenvalue weighted by Gasteiger charge is 2.24. The summed E-state index contributed by atoms with van der Waals surface area (Å²) >= 11 is 7.90. The van der Waals surface area contributed by atoms with Gasteiger partial charge in [0.05, 0.1) is 9.45 Å². The van der Waals surface area contributed by atoms with Crippen molar-refractivity contribution in [3.63, 3.8) is 0 Å². The van der Waals surface area contributed by atoms with Gasteiger partial charge >= 0.3 is 0 Å². The lowest BCUT2D eigenvalue weighted by molar-refractivity contribution is 0.0641. The fraction of sp³-hybridized carbons (Fsp3) is 0.520. The van der Waals surface area contributed by atoms with E-state index in [-0.39, 0.29) is 24.5 Å². The molecule has 0 bridgehead atoms. The van der Waals surface area contributed by atoms with E-state index in [1.165, 1.54) is 5.56 Å². The van der Waals surface area contributed by atoms with Crippen LogP contribution >= 0.6 is 34.2 Å². The van der Waals surface area contributed by atoms with Crippen LogP contribution in [-0.2, 0) is 5.41 Å². The third-order valence-corrected chi connectivity index (χ3v) is 7.16. The van der Waals surface area contributed by atoms with Crippen molar-refractivity contribution in [2.24, 2.45) is 0 Å². The number of nitrogens with one attached hydrogen (secondary N) is 1. The van der Waals surface area contributed by atoms with Crippen LogP contribution < -0.4 is 14.8 Å². The molecule has 2 aromatic rings. The molecular formula is C25H34ClIN2O4. The molecule has 0 saturated carbocycles. The molecule has 3 rings (SSSR count). The van der Waals surface area contributed by atoms with Crippen LogP contribution in [0.1, 0.15) is 25.0 Å². The number of ether oxygens (including phenoxy) is 2. The summed E-state index contributed by atoms with van der Waals surface area (Å²) in [6.07, 6.45) is -1.19. The number of benzene rings is 2. The van der Waals surface area contributed by atoms with Gasteiger partial charge in [-0.3, -0.25) is 4.90 Å². The number of aliphatic hydroxyl groups is 2. The fourth-order valence-corrected chi connectivity index (χ4v) is 4.57. The second kappa shape index (κ2) is 12.6. The lowest BCUT2D eigenvalue weighted by atomic mass is 9.78. The molecule has 3 N–H and O–H groups in total. The second-order valence-electron chi connectivity index (χ2n) is 8.93. The zero-order valence-electron chi connectivity index (χ0n) is 19.3. The molecule has 8 heteroatoms. The molecule has 1 fully saturated rings. The van der Waals surface area contributed by atoms with Crippen molar-refractivity contribution in [3.8, 4) is 11.5 Å². The Labute approximate surface area is 215 Å². The maximum absolute atomic E-state index is 10.3. The molecule has 6 nitrogen and oxygen atoms in total. The fourth-order valence-electron chi connectivity index (χ4n) is 3.81. The smallest absolute Gasteiger partial charge is 0.132 e. The second-order valence-corrected chi connectivity index (χ2v) is 10.4. The number of β-amino-alcohol motifs (C(OH)–C–C–N with tert-alkyl or cyclic N) is 1. The highest BCUT2D eigenvalue weighted by Crippen LogP contribution is 2.35. The molecule has 182 valence electrons. The molecule has 1 aliphatic rings. The summed E-state index contributed by atoms with van der Waals surface area (Å²) in [6, 6.07) is 14.2. The van der Waals surface area contributed by atoms with E-state index in [1.54, 1.807) is 0 Å². The largest absolute Gasteiger partial charge is 0.491 e. The Morgan fingerprint density at radius 3 is 2.27 bits per heavy atom. The lowest BCUT2D eigenvalue weighted by Gasteiger charge is -2.29. The van der Waals surface area contributed by atoms with Crippen LogP contribution in [0.25, 0.3) is 0 Å². The number of hydrogen-bond acceptors (Lipinski definition) is 6. The third-order valence-electron chi connectivity index (χ3n) is 5.96. The maximum Gasteiger partial charge on any atom is 0.132 e. The zero-order chi connectivity index (χ0) is 23.8. The van der Waals surface area contributed by atoms with E-state index in [4.69, 9.17) is 21.1 Å². The van der Waals surface area contributed by atoms with Crippen LogP contribution in [0, 0.1) is 3.57 Å². The summed E-state index contributed by atoms with van der Waals surface area (Å²) in [5.74, 6) is 1.64. The molecule has 2 atom stereocenters. The van der Waals surface area contributed by atoms with Crippen LogP contribution in [0.4, 0.5) is 0 Å². The summed E-state index contributed by atoms with van der Waals surface area (Å²) in [5.41, 5.74) is 2.12. The monoisotopic (exact) mass is 584 g/mol. The first kappa shape index (κ1) is 26.5. The van der Waals surface area contributed by atoms with Crippen molar-refractivity contribution in [1.29, 1.82) is 0 Å². The highest BCUT2D eigenvalue weighted by molar-refractivity contribution is 14.1. The minimum atomic E-state index is -0.678. The topological polar surface area (TPSA) is 74.2 Å².